The molecule has 1 aromatic rings. The Balaban J connectivity index is 2.69. The number of aryl methyl sites for hydroxylation is 1. The first kappa shape index (κ1) is 12.4. The number of rotatable bonds is 5. The Morgan fingerprint density at radius 3 is 3.00 bits per heavy atom. The molecule has 0 spiro atoms. The molecule has 1 atom stereocenters. The fraction of sp³-hybridized carbons (Fsp3) is 0.600. The molecule has 6 heteroatoms. The molecule has 0 aliphatic rings. The third-order valence-corrected chi connectivity index (χ3v) is 2.54. The summed E-state index contributed by atoms with van der Waals surface area (Å²) < 4.78 is 2.04. The van der Waals surface area contributed by atoms with Gasteiger partial charge in [0.2, 0.25) is 5.95 Å². The summed E-state index contributed by atoms with van der Waals surface area (Å²) in [5.41, 5.74) is 5.53. The van der Waals surface area contributed by atoms with Gasteiger partial charge in [0.15, 0.2) is 0 Å². The van der Waals surface area contributed by atoms with E-state index in [0.717, 1.165) is 12.5 Å². The van der Waals surface area contributed by atoms with Crippen molar-refractivity contribution in [1.29, 1.82) is 0 Å². The van der Waals surface area contributed by atoms with E-state index in [2.05, 4.69) is 17.1 Å². The maximum Gasteiger partial charge on any atom is 0.205 e. The van der Waals surface area contributed by atoms with Crippen LogP contribution < -0.4 is 10.6 Å². The van der Waals surface area contributed by atoms with Gasteiger partial charge in [0.25, 0.3) is 0 Å². The van der Waals surface area contributed by atoms with Crippen LogP contribution in [0.3, 0.4) is 0 Å². The average Bonchev–Trinajstić information content (AvgIpc) is 2.75. The number of hydrogen-bond donors (Lipinski definition) is 2. The minimum Gasteiger partial charge on any atom is -0.409 e. The average molecular weight is 225 g/mol. The van der Waals surface area contributed by atoms with Crippen LogP contribution in [0.25, 0.3) is 0 Å². The summed E-state index contributed by atoms with van der Waals surface area (Å²) in [5.74, 6) is 1.11. The standard InChI is InChI=1S/C10H19N5O/c1-4-15-6-5-12-10(15)14(3)7-8(2)9(11)13-16/h5-6,8,16H,4,7H2,1-3H3,(H2,11,13). The Labute approximate surface area is 95.4 Å². The first-order chi connectivity index (χ1) is 7.60. The normalized spacial score (nSPS) is 13.8. The third-order valence-electron chi connectivity index (χ3n) is 2.54. The number of imidazole rings is 1. The van der Waals surface area contributed by atoms with Crippen molar-refractivity contribution in [2.45, 2.75) is 20.4 Å². The highest BCUT2D eigenvalue weighted by atomic mass is 16.4. The van der Waals surface area contributed by atoms with Gasteiger partial charge in [-0.05, 0) is 6.92 Å². The zero-order valence-electron chi connectivity index (χ0n) is 9.96. The van der Waals surface area contributed by atoms with Gasteiger partial charge in [0.05, 0.1) is 0 Å². The highest BCUT2D eigenvalue weighted by Gasteiger charge is 2.14. The van der Waals surface area contributed by atoms with E-state index in [4.69, 9.17) is 10.9 Å². The van der Waals surface area contributed by atoms with Gasteiger partial charge < -0.3 is 20.4 Å². The molecule has 0 saturated carbocycles. The lowest BCUT2D eigenvalue weighted by Gasteiger charge is -2.22. The quantitative estimate of drug-likeness (QED) is 0.335. The van der Waals surface area contributed by atoms with Gasteiger partial charge in [-0.15, -0.1) is 0 Å². The fourth-order valence-electron chi connectivity index (χ4n) is 1.57. The zero-order chi connectivity index (χ0) is 12.1. The minimum absolute atomic E-state index is 0.0167. The lowest BCUT2D eigenvalue weighted by molar-refractivity contribution is 0.314. The van der Waals surface area contributed by atoms with Crippen LogP contribution in [-0.4, -0.2) is 34.2 Å². The number of hydrogen-bond acceptors (Lipinski definition) is 4. The zero-order valence-corrected chi connectivity index (χ0v) is 9.96. The molecule has 0 saturated heterocycles. The molecular weight excluding hydrogens is 206 g/mol. The molecule has 1 unspecified atom stereocenters. The van der Waals surface area contributed by atoms with Gasteiger partial charge in [-0.3, -0.25) is 0 Å². The van der Waals surface area contributed by atoms with Gasteiger partial charge in [-0.1, -0.05) is 12.1 Å². The summed E-state index contributed by atoms with van der Waals surface area (Å²) in [4.78, 5) is 6.26. The maximum absolute atomic E-state index is 8.57. The van der Waals surface area contributed by atoms with Crippen molar-refractivity contribution in [2.75, 3.05) is 18.5 Å². The van der Waals surface area contributed by atoms with Crippen molar-refractivity contribution in [1.82, 2.24) is 9.55 Å². The summed E-state index contributed by atoms with van der Waals surface area (Å²) in [5, 5.41) is 11.6. The molecule has 0 amide bonds. The Morgan fingerprint density at radius 2 is 2.44 bits per heavy atom. The molecule has 1 heterocycles. The molecular formula is C10H19N5O. The first-order valence-corrected chi connectivity index (χ1v) is 5.29. The molecule has 0 bridgehead atoms. The van der Waals surface area contributed by atoms with Crippen LogP contribution in [0.4, 0.5) is 5.95 Å². The molecule has 6 nitrogen and oxygen atoms in total. The number of anilines is 1. The fourth-order valence-corrected chi connectivity index (χ4v) is 1.57. The van der Waals surface area contributed by atoms with E-state index in [1.165, 1.54) is 0 Å². The topological polar surface area (TPSA) is 79.7 Å². The molecule has 0 aliphatic carbocycles. The van der Waals surface area contributed by atoms with Crippen LogP contribution in [0.2, 0.25) is 0 Å². The molecule has 0 aliphatic heterocycles. The third kappa shape index (κ3) is 2.65. The summed E-state index contributed by atoms with van der Waals surface area (Å²) >= 11 is 0. The lowest BCUT2D eigenvalue weighted by atomic mass is 10.1. The Hall–Kier alpha value is -1.72. The van der Waals surface area contributed by atoms with Gasteiger partial charge in [-0.25, -0.2) is 4.98 Å². The molecule has 1 rings (SSSR count). The van der Waals surface area contributed by atoms with Gasteiger partial charge in [0.1, 0.15) is 5.84 Å². The van der Waals surface area contributed by atoms with Crippen molar-refractivity contribution in [3.8, 4) is 0 Å². The number of aromatic nitrogens is 2. The van der Waals surface area contributed by atoms with Crippen molar-refractivity contribution in [2.24, 2.45) is 16.8 Å². The second-order valence-corrected chi connectivity index (χ2v) is 3.82. The van der Waals surface area contributed by atoms with Crippen molar-refractivity contribution < 1.29 is 5.21 Å². The van der Waals surface area contributed by atoms with Crippen molar-refractivity contribution in [3.63, 3.8) is 0 Å². The smallest absolute Gasteiger partial charge is 0.205 e. The van der Waals surface area contributed by atoms with E-state index in [9.17, 15) is 0 Å². The Kier molecular flexibility index (Phi) is 4.16. The second kappa shape index (κ2) is 5.39. The summed E-state index contributed by atoms with van der Waals surface area (Å²) in [7, 11) is 1.94. The maximum atomic E-state index is 8.57. The van der Waals surface area contributed by atoms with E-state index in [0.29, 0.717) is 6.54 Å². The van der Waals surface area contributed by atoms with E-state index in [-0.39, 0.29) is 11.8 Å². The van der Waals surface area contributed by atoms with E-state index in [1.807, 2.05) is 29.6 Å². The minimum atomic E-state index is -0.0167. The second-order valence-electron chi connectivity index (χ2n) is 3.82. The van der Waals surface area contributed by atoms with E-state index < -0.39 is 0 Å². The summed E-state index contributed by atoms with van der Waals surface area (Å²) in [6.07, 6.45) is 3.70. The summed E-state index contributed by atoms with van der Waals surface area (Å²) in [6, 6.07) is 0. The van der Waals surface area contributed by atoms with Crippen LogP contribution in [0, 0.1) is 5.92 Å². The molecule has 16 heavy (non-hydrogen) atoms. The van der Waals surface area contributed by atoms with Crippen molar-refractivity contribution in [3.05, 3.63) is 12.4 Å². The first-order valence-electron chi connectivity index (χ1n) is 5.29. The van der Waals surface area contributed by atoms with Crippen LogP contribution in [0.1, 0.15) is 13.8 Å². The van der Waals surface area contributed by atoms with Gasteiger partial charge in [0, 0.05) is 38.4 Å². The Morgan fingerprint density at radius 1 is 1.75 bits per heavy atom. The monoisotopic (exact) mass is 225 g/mol. The molecule has 1 aromatic heterocycles. The predicted octanol–water partition coefficient (Wildman–Crippen LogP) is 0.722. The van der Waals surface area contributed by atoms with Gasteiger partial charge in [-0.2, -0.15) is 0 Å². The number of nitrogens with two attached hydrogens (primary N) is 1. The molecule has 0 aromatic carbocycles. The largest absolute Gasteiger partial charge is 0.409 e. The Bertz CT molecular complexity index is 360. The molecule has 0 radical (unpaired) electrons. The number of nitrogens with zero attached hydrogens (tertiary/aromatic N) is 4. The highest BCUT2D eigenvalue weighted by molar-refractivity contribution is 5.82. The summed E-state index contributed by atoms with van der Waals surface area (Å²) in [6.45, 7) is 5.50. The van der Waals surface area contributed by atoms with E-state index >= 15 is 0 Å². The van der Waals surface area contributed by atoms with Crippen LogP contribution >= 0.6 is 0 Å². The van der Waals surface area contributed by atoms with Crippen LogP contribution in [-0.2, 0) is 6.54 Å². The predicted molar refractivity (Wildman–Crippen MR) is 63.7 cm³/mol. The van der Waals surface area contributed by atoms with Gasteiger partial charge >= 0.3 is 0 Å². The van der Waals surface area contributed by atoms with Crippen molar-refractivity contribution >= 4 is 11.8 Å². The van der Waals surface area contributed by atoms with Crippen LogP contribution in [0.15, 0.2) is 17.5 Å². The number of amidine groups is 1. The molecule has 90 valence electrons. The molecule has 3 N–H and O–H groups in total. The van der Waals surface area contributed by atoms with Crippen LogP contribution in [0.5, 0.6) is 0 Å². The highest BCUT2D eigenvalue weighted by Crippen LogP contribution is 2.11. The SMILES string of the molecule is CCn1ccnc1N(C)CC(C)C(N)=NO. The molecule has 0 fully saturated rings. The lowest BCUT2D eigenvalue weighted by Crippen LogP contribution is -2.34. The number of oxime groups is 1. The van der Waals surface area contributed by atoms with E-state index in [1.54, 1.807) is 6.20 Å².